The van der Waals surface area contributed by atoms with E-state index < -0.39 is 36.2 Å². The number of hydrogen-bond acceptors (Lipinski definition) is 2. The van der Waals surface area contributed by atoms with Crippen molar-refractivity contribution in [2.45, 2.75) is 6.18 Å². The highest BCUT2D eigenvalue weighted by Crippen LogP contribution is 2.15. The third-order valence-electron chi connectivity index (χ3n) is 3.03. The van der Waals surface area contributed by atoms with E-state index in [1.165, 1.54) is 24.3 Å². The molecule has 0 aliphatic rings. The number of rotatable bonds is 4. The van der Waals surface area contributed by atoms with E-state index >= 15 is 0 Å². The molecule has 2 aromatic rings. The Labute approximate surface area is 138 Å². The summed E-state index contributed by atoms with van der Waals surface area (Å²) in [5.74, 6) is -3.64. The largest absolute Gasteiger partial charge is 0.405 e. The van der Waals surface area contributed by atoms with Crippen molar-refractivity contribution in [2.75, 3.05) is 11.9 Å². The first kappa shape index (κ1) is 18.4. The molecule has 0 aromatic heterocycles. The number of carbonyl (C=O) groups is 2. The zero-order valence-electron chi connectivity index (χ0n) is 12.5. The highest BCUT2D eigenvalue weighted by Gasteiger charge is 2.27. The summed E-state index contributed by atoms with van der Waals surface area (Å²) in [5, 5.41) is 4.03. The summed E-state index contributed by atoms with van der Waals surface area (Å²) in [6.45, 7) is -1.46. The Hall–Kier alpha value is -2.97. The average Bonchev–Trinajstić information content (AvgIpc) is 2.52. The minimum atomic E-state index is -4.52. The van der Waals surface area contributed by atoms with Gasteiger partial charge in [-0.1, -0.05) is 0 Å². The highest BCUT2D eigenvalue weighted by molar-refractivity contribution is 6.04. The van der Waals surface area contributed by atoms with E-state index in [4.69, 9.17) is 0 Å². The van der Waals surface area contributed by atoms with Gasteiger partial charge in [0, 0.05) is 17.3 Å². The zero-order valence-corrected chi connectivity index (χ0v) is 12.5. The summed E-state index contributed by atoms with van der Waals surface area (Å²) in [5.41, 5.74) is -0.246. The molecule has 4 nitrogen and oxygen atoms in total. The van der Waals surface area contributed by atoms with Crippen molar-refractivity contribution in [3.63, 3.8) is 0 Å². The Morgan fingerprint density at radius 2 is 1.56 bits per heavy atom. The maximum absolute atomic E-state index is 13.5. The van der Waals surface area contributed by atoms with E-state index in [1.807, 2.05) is 0 Å². The lowest BCUT2D eigenvalue weighted by Gasteiger charge is -2.09. The lowest BCUT2D eigenvalue weighted by Crippen LogP contribution is -2.33. The molecule has 2 rings (SSSR count). The Morgan fingerprint density at radius 3 is 2.12 bits per heavy atom. The third kappa shape index (κ3) is 5.27. The Bertz CT molecular complexity index is 788. The summed E-state index contributed by atoms with van der Waals surface area (Å²) in [4.78, 5) is 23.4. The number of alkyl halides is 3. The molecule has 0 spiro atoms. The summed E-state index contributed by atoms with van der Waals surface area (Å²) in [6, 6.07) is 7.38. The molecule has 0 heterocycles. The van der Waals surface area contributed by atoms with Crippen LogP contribution in [0, 0.1) is 11.6 Å². The standard InChI is InChI=1S/C16H11F5N2O2/c17-10-3-6-12(13(18)7-10)15(25)23-11-4-1-9(2-5-11)14(24)22-8-16(19,20)21/h1-7H,8H2,(H,22,24)(H,23,25). The van der Waals surface area contributed by atoms with Crippen LogP contribution in [0.2, 0.25) is 0 Å². The fourth-order valence-corrected chi connectivity index (χ4v) is 1.86. The lowest BCUT2D eigenvalue weighted by atomic mass is 10.1. The molecular formula is C16H11F5N2O2. The summed E-state index contributed by atoms with van der Waals surface area (Å²) in [7, 11) is 0. The van der Waals surface area contributed by atoms with Gasteiger partial charge < -0.3 is 10.6 Å². The SMILES string of the molecule is O=C(NCC(F)(F)F)c1ccc(NC(=O)c2ccc(F)cc2F)cc1. The molecule has 0 fully saturated rings. The molecule has 0 aliphatic heterocycles. The molecule has 9 heteroatoms. The maximum atomic E-state index is 13.5. The molecule has 0 saturated carbocycles. The van der Waals surface area contributed by atoms with Crippen molar-refractivity contribution < 1.29 is 31.5 Å². The van der Waals surface area contributed by atoms with Crippen molar-refractivity contribution >= 4 is 17.5 Å². The Balaban J connectivity index is 2.02. The second kappa shape index (κ2) is 7.29. The second-order valence-electron chi connectivity index (χ2n) is 4.95. The van der Waals surface area contributed by atoms with Crippen LogP contribution >= 0.6 is 0 Å². The molecular weight excluding hydrogens is 347 g/mol. The van der Waals surface area contributed by atoms with Gasteiger partial charge in [-0.15, -0.1) is 0 Å². The van der Waals surface area contributed by atoms with Crippen molar-refractivity contribution in [3.05, 3.63) is 65.2 Å². The molecule has 132 valence electrons. The summed E-state index contributed by atoms with van der Waals surface area (Å²) >= 11 is 0. The van der Waals surface area contributed by atoms with Crippen molar-refractivity contribution in [1.29, 1.82) is 0 Å². The van der Waals surface area contributed by atoms with Gasteiger partial charge in [0.2, 0.25) is 0 Å². The number of halogens is 5. The minimum Gasteiger partial charge on any atom is -0.343 e. The van der Waals surface area contributed by atoms with Crippen molar-refractivity contribution in [1.82, 2.24) is 5.32 Å². The number of benzene rings is 2. The predicted molar refractivity (Wildman–Crippen MR) is 79.1 cm³/mol. The lowest BCUT2D eigenvalue weighted by molar-refractivity contribution is -0.123. The van der Waals surface area contributed by atoms with Gasteiger partial charge >= 0.3 is 6.18 Å². The van der Waals surface area contributed by atoms with Gasteiger partial charge in [0.1, 0.15) is 18.2 Å². The van der Waals surface area contributed by atoms with Gasteiger partial charge in [-0.05, 0) is 36.4 Å². The molecule has 2 amide bonds. The molecule has 0 aliphatic carbocycles. The first-order valence-electron chi connectivity index (χ1n) is 6.87. The number of anilines is 1. The van der Waals surface area contributed by atoms with Crippen LogP contribution in [0.15, 0.2) is 42.5 Å². The van der Waals surface area contributed by atoms with E-state index in [2.05, 4.69) is 5.32 Å². The average molecular weight is 358 g/mol. The van der Waals surface area contributed by atoms with Crippen LogP contribution in [-0.4, -0.2) is 24.5 Å². The van der Waals surface area contributed by atoms with Crippen molar-refractivity contribution in [3.8, 4) is 0 Å². The number of amides is 2. The second-order valence-corrected chi connectivity index (χ2v) is 4.95. The van der Waals surface area contributed by atoms with Crippen LogP contribution < -0.4 is 10.6 Å². The van der Waals surface area contributed by atoms with E-state index in [-0.39, 0.29) is 16.8 Å². The summed E-state index contributed by atoms with van der Waals surface area (Å²) in [6.07, 6.45) is -4.52. The first-order chi connectivity index (χ1) is 11.7. The van der Waals surface area contributed by atoms with Crippen LogP contribution in [0.4, 0.5) is 27.6 Å². The molecule has 0 radical (unpaired) electrons. The van der Waals surface area contributed by atoms with E-state index in [9.17, 15) is 31.5 Å². The normalized spacial score (nSPS) is 11.1. The van der Waals surface area contributed by atoms with Gasteiger partial charge in [0.15, 0.2) is 0 Å². The molecule has 2 aromatic carbocycles. The van der Waals surface area contributed by atoms with Crippen LogP contribution in [0.3, 0.4) is 0 Å². The predicted octanol–water partition coefficient (Wildman–Crippen LogP) is 3.51. The monoisotopic (exact) mass is 358 g/mol. The Kier molecular flexibility index (Phi) is 5.35. The molecule has 25 heavy (non-hydrogen) atoms. The first-order valence-corrected chi connectivity index (χ1v) is 6.87. The van der Waals surface area contributed by atoms with Gasteiger partial charge in [0.05, 0.1) is 5.56 Å². The van der Waals surface area contributed by atoms with Crippen LogP contribution in [0.25, 0.3) is 0 Å². The van der Waals surface area contributed by atoms with Gasteiger partial charge in [-0.25, -0.2) is 8.78 Å². The molecule has 0 saturated heterocycles. The zero-order chi connectivity index (χ0) is 18.6. The van der Waals surface area contributed by atoms with E-state index in [0.717, 1.165) is 12.1 Å². The van der Waals surface area contributed by atoms with E-state index in [0.29, 0.717) is 6.07 Å². The van der Waals surface area contributed by atoms with E-state index in [1.54, 1.807) is 5.32 Å². The van der Waals surface area contributed by atoms with Crippen molar-refractivity contribution in [2.24, 2.45) is 0 Å². The smallest absolute Gasteiger partial charge is 0.343 e. The van der Waals surface area contributed by atoms with Crippen LogP contribution in [-0.2, 0) is 0 Å². The topological polar surface area (TPSA) is 58.2 Å². The molecule has 0 bridgehead atoms. The maximum Gasteiger partial charge on any atom is 0.405 e. The fraction of sp³-hybridized carbons (Fsp3) is 0.125. The molecule has 0 unspecified atom stereocenters. The summed E-state index contributed by atoms with van der Waals surface area (Å²) < 4.78 is 62.4. The highest BCUT2D eigenvalue weighted by atomic mass is 19.4. The minimum absolute atomic E-state index is 0.0461. The van der Waals surface area contributed by atoms with Gasteiger partial charge in [0.25, 0.3) is 11.8 Å². The van der Waals surface area contributed by atoms with Gasteiger partial charge in [-0.2, -0.15) is 13.2 Å². The molecule has 2 N–H and O–H groups in total. The quantitative estimate of drug-likeness (QED) is 0.822. The molecule has 0 atom stereocenters. The van der Waals surface area contributed by atoms with Crippen LogP contribution in [0.1, 0.15) is 20.7 Å². The third-order valence-corrected chi connectivity index (χ3v) is 3.03. The number of nitrogens with one attached hydrogen (secondary N) is 2. The number of carbonyl (C=O) groups excluding carboxylic acids is 2. The van der Waals surface area contributed by atoms with Gasteiger partial charge in [-0.3, -0.25) is 9.59 Å². The Morgan fingerprint density at radius 1 is 0.920 bits per heavy atom. The fourth-order valence-electron chi connectivity index (χ4n) is 1.86. The number of hydrogen-bond donors (Lipinski definition) is 2. The van der Waals surface area contributed by atoms with Crippen LogP contribution in [0.5, 0.6) is 0 Å².